The Kier molecular flexibility index (Phi) is 2.68. The van der Waals surface area contributed by atoms with Gasteiger partial charge in [0.2, 0.25) is 0 Å². The maximum absolute atomic E-state index is 12.8. The van der Waals surface area contributed by atoms with Crippen LogP contribution in [0.5, 0.6) is 0 Å². The maximum Gasteiger partial charge on any atom is 0.420 e. The highest BCUT2D eigenvalue weighted by Crippen LogP contribution is 2.35. The molecule has 0 unspecified atom stereocenters. The minimum atomic E-state index is -4.81. The van der Waals surface area contributed by atoms with Crippen LogP contribution in [0.4, 0.5) is 17.6 Å². The highest BCUT2D eigenvalue weighted by molar-refractivity contribution is 6.41. The number of pyridine rings is 1. The van der Waals surface area contributed by atoms with E-state index in [9.17, 15) is 17.6 Å². The smallest absolute Gasteiger partial charge is 0.242 e. The predicted octanol–water partition coefficient (Wildman–Crippen LogP) is 3.55. The Balaban J connectivity index is 3.35. The van der Waals surface area contributed by atoms with E-state index in [0.29, 0.717) is 6.20 Å². The number of hydrogen-bond donors (Lipinski definition) is 0. The summed E-state index contributed by atoms with van der Waals surface area (Å²) in [6, 6.07) is 0. The Morgan fingerprint density at radius 2 is 1.77 bits per heavy atom. The lowest BCUT2D eigenvalue weighted by Gasteiger charge is -2.08. The summed E-state index contributed by atoms with van der Waals surface area (Å²) < 4.78 is 48.7. The average Bonchev–Trinajstić information content (AvgIpc) is 1.98. The van der Waals surface area contributed by atoms with E-state index in [-0.39, 0.29) is 0 Å². The van der Waals surface area contributed by atoms with Gasteiger partial charge in [-0.05, 0) is 0 Å². The van der Waals surface area contributed by atoms with Crippen molar-refractivity contribution in [3.8, 4) is 0 Å². The Morgan fingerprint density at radius 3 is 2.23 bits per heavy atom. The fraction of sp³-hybridized carbons (Fsp3) is 0.167. The summed E-state index contributed by atoms with van der Waals surface area (Å²) in [5.74, 6) is -1.60. The summed E-state index contributed by atoms with van der Waals surface area (Å²) in [6.07, 6.45) is -4.52. The lowest BCUT2D eigenvalue weighted by Crippen LogP contribution is -2.09. The largest absolute Gasteiger partial charge is 0.420 e. The highest BCUT2D eigenvalue weighted by Gasteiger charge is 2.36. The van der Waals surface area contributed by atoms with E-state index in [1.165, 1.54) is 0 Å². The molecule has 0 aliphatic heterocycles. The molecule has 1 rings (SSSR count). The van der Waals surface area contributed by atoms with E-state index in [1.807, 2.05) is 0 Å². The van der Waals surface area contributed by atoms with Crippen molar-refractivity contribution < 1.29 is 17.6 Å². The highest BCUT2D eigenvalue weighted by atomic mass is 35.5. The van der Waals surface area contributed by atoms with Gasteiger partial charge < -0.3 is 0 Å². The van der Waals surface area contributed by atoms with E-state index < -0.39 is 27.7 Å². The van der Waals surface area contributed by atoms with Crippen LogP contribution in [-0.2, 0) is 6.18 Å². The Morgan fingerprint density at radius 1 is 1.23 bits per heavy atom. The van der Waals surface area contributed by atoms with Gasteiger partial charge in [0.1, 0.15) is 10.6 Å². The summed E-state index contributed by atoms with van der Waals surface area (Å²) in [5.41, 5.74) is -1.53. The Hall–Kier alpha value is -0.550. The monoisotopic (exact) mass is 233 g/mol. The van der Waals surface area contributed by atoms with Gasteiger partial charge in [-0.1, -0.05) is 23.2 Å². The second-order valence-corrected chi connectivity index (χ2v) is 2.82. The fourth-order valence-electron chi connectivity index (χ4n) is 0.641. The zero-order valence-electron chi connectivity index (χ0n) is 5.79. The molecule has 0 atom stereocenters. The van der Waals surface area contributed by atoms with Gasteiger partial charge in [-0.2, -0.15) is 13.2 Å². The van der Waals surface area contributed by atoms with Gasteiger partial charge in [-0.25, -0.2) is 9.37 Å². The van der Waals surface area contributed by atoms with Crippen molar-refractivity contribution >= 4 is 23.2 Å². The lowest BCUT2D eigenvalue weighted by molar-refractivity contribution is -0.140. The van der Waals surface area contributed by atoms with Gasteiger partial charge in [0, 0.05) is 6.20 Å². The third kappa shape index (κ3) is 2.03. The van der Waals surface area contributed by atoms with Crippen LogP contribution in [0.25, 0.3) is 0 Å². The molecule has 1 nitrogen and oxygen atoms in total. The zero-order chi connectivity index (χ0) is 10.2. The van der Waals surface area contributed by atoms with Gasteiger partial charge in [-0.15, -0.1) is 0 Å². The van der Waals surface area contributed by atoms with Crippen LogP contribution in [0.15, 0.2) is 6.20 Å². The SMILES string of the molecule is Fc1c(C(F)(F)F)cnc(Cl)c1Cl. The van der Waals surface area contributed by atoms with Crippen LogP contribution in [0, 0.1) is 5.82 Å². The molecular weight excluding hydrogens is 233 g/mol. The number of alkyl halides is 3. The summed E-state index contributed by atoms with van der Waals surface area (Å²) in [5, 5.41) is -1.32. The molecule has 0 aromatic carbocycles. The molecule has 0 saturated carbocycles. The molecule has 1 aromatic heterocycles. The van der Waals surface area contributed by atoms with Crippen LogP contribution in [0.2, 0.25) is 10.2 Å². The fourth-order valence-corrected chi connectivity index (χ4v) is 0.923. The standard InChI is InChI=1S/C6HCl2F4N/c7-3-4(9)2(6(10,11)12)1-13-5(3)8/h1H. The molecule has 1 heterocycles. The normalized spacial score (nSPS) is 11.8. The molecule has 0 N–H and O–H groups in total. The Bertz CT molecular complexity index is 336. The van der Waals surface area contributed by atoms with Crippen LogP contribution < -0.4 is 0 Å². The van der Waals surface area contributed by atoms with Crippen molar-refractivity contribution in [3.05, 3.63) is 27.8 Å². The van der Waals surface area contributed by atoms with Crippen molar-refractivity contribution in [2.75, 3.05) is 0 Å². The van der Waals surface area contributed by atoms with Crippen molar-refractivity contribution in [2.24, 2.45) is 0 Å². The van der Waals surface area contributed by atoms with E-state index >= 15 is 0 Å². The minimum Gasteiger partial charge on any atom is -0.242 e. The molecule has 13 heavy (non-hydrogen) atoms. The summed E-state index contributed by atoms with van der Waals surface area (Å²) in [4.78, 5) is 3.08. The molecule has 0 spiro atoms. The van der Waals surface area contributed by atoms with Crippen LogP contribution in [-0.4, -0.2) is 4.98 Å². The van der Waals surface area contributed by atoms with Crippen LogP contribution >= 0.6 is 23.2 Å². The second kappa shape index (κ2) is 3.31. The van der Waals surface area contributed by atoms with E-state index in [4.69, 9.17) is 23.2 Å². The first-order valence-corrected chi connectivity index (χ1v) is 3.66. The first-order chi connectivity index (χ1) is 5.84. The van der Waals surface area contributed by atoms with Crippen molar-refractivity contribution in [1.82, 2.24) is 4.98 Å². The molecule has 0 radical (unpaired) electrons. The molecule has 0 saturated heterocycles. The molecule has 0 aliphatic rings. The number of rotatable bonds is 0. The second-order valence-electron chi connectivity index (χ2n) is 2.09. The van der Waals surface area contributed by atoms with Gasteiger partial charge in [0.25, 0.3) is 0 Å². The number of nitrogens with zero attached hydrogens (tertiary/aromatic N) is 1. The minimum absolute atomic E-state index is 0.295. The molecule has 0 bridgehead atoms. The summed E-state index contributed by atoms with van der Waals surface area (Å²) in [6.45, 7) is 0. The number of hydrogen-bond acceptors (Lipinski definition) is 1. The number of halogens is 6. The topological polar surface area (TPSA) is 12.9 Å². The van der Waals surface area contributed by atoms with Gasteiger partial charge in [0.05, 0.1) is 0 Å². The molecule has 0 amide bonds. The first kappa shape index (κ1) is 10.5. The maximum atomic E-state index is 12.8. The molecular formula is C6HCl2F4N. The third-order valence-electron chi connectivity index (χ3n) is 1.22. The van der Waals surface area contributed by atoms with Gasteiger partial charge >= 0.3 is 6.18 Å². The summed E-state index contributed by atoms with van der Waals surface area (Å²) >= 11 is 10.3. The average molecular weight is 234 g/mol. The number of aromatic nitrogens is 1. The van der Waals surface area contributed by atoms with Crippen LogP contribution in [0.1, 0.15) is 5.56 Å². The first-order valence-electron chi connectivity index (χ1n) is 2.90. The van der Waals surface area contributed by atoms with E-state index in [0.717, 1.165) is 0 Å². The zero-order valence-corrected chi connectivity index (χ0v) is 7.30. The lowest BCUT2D eigenvalue weighted by atomic mass is 10.2. The Labute approximate surface area is 80.3 Å². The predicted molar refractivity (Wildman–Crippen MR) is 39.2 cm³/mol. The molecule has 0 aliphatic carbocycles. The molecule has 72 valence electrons. The van der Waals surface area contributed by atoms with Crippen LogP contribution in [0.3, 0.4) is 0 Å². The van der Waals surface area contributed by atoms with Gasteiger partial charge in [-0.3, -0.25) is 0 Å². The van der Waals surface area contributed by atoms with E-state index in [2.05, 4.69) is 4.98 Å². The molecule has 0 fully saturated rings. The van der Waals surface area contributed by atoms with Gasteiger partial charge in [0.15, 0.2) is 11.0 Å². The van der Waals surface area contributed by atoms with Crippen molar-refractivity contribution in [3.63, 3.8) is 0 Å². The van der Waals surface area contributed by atoms with E-state index in [1.54, 1.807) is 0 Å². The van der Waals surface area contributed by atoms with Crippen molar-refractivity contribution in [2.45, 2.75) is 6.18 Å². The quantitative estimate of drug-likeness (QED) is 0.494. The van der Waals surface area contributed by atoms with Crippen molar-refractivity contribution in [1.29, 1.82) is 0 Å². The third-order valence-corrected chi connectivity index (χ3v) is 1.95. The molecule has 7 heteroatoms. The molecule has 1 aromatic rings. The summed E-state index contributed by atoms with van der Waals surface area (Å²) in [7, 11) is 0.